The first-order chi connectivity index (χ1) is 9.95. The summed E-state index contributed by atoms with van der Waals surface area (Å²) in [5.41, 5.74) is 6.58. The van der Waals surface area contributed by atoms with Gasteiger partial charge in [-0.05, 0) is 31.2 Å². The maximum Gasteiger partial charge on any atom is 0.234 e. The van der Waals surface area contributed by atoms with Gasteiger partial charge in [-0.3, -0.25) is 9.59 Å². The van der Waals surface area contributed by atoms with Crippen LogP contribution < -0.4 is 16.4 Å². The van der Waals surface area contributed by atoms with Crippen molar-refractivity contribution in [1.82, 2.24) is 0 Å². The molecular formula is C15H21N3O3. The van der Waals surface area contributed by atoms with Crippen LogP contribution in [0.4, 0.5) is 11.4 Å². The van der Waals surface area contributed by atoms with Crippen LogP contribution >= 0.6 is 0 Å². The van der Waals surface area contributed by atoms with Crippen molar-refractivity contribution in [1.29, 1.82) is 0 Å². The minimum absolute atomic E-state index is 0.0478. The number of nitrogens with two attached hydrogens (primary N) is 1. The van der Waals surface area contributed by atoms with Crippen LogP contribution in [-0.2, 0) is 14.3 Å². The molecule has 1 heterocycles. The van der Waals surface area contributed by atoms with E-state index in [0.717, 1.165) is 0 Å². The molecule has 21 heavy (non-hydrogen) atoms. The van der Waals surface area contributed by atoms with Crippen molar-refractivity contribution in [3.8, 4) is 0 Å². The minimum atomic E-state index is -0.713. The third kappa shape index (κ3) is 3.40. The number of carbonyl (C=O) groups excluding carboxylic acids is 2. The monoisotopic (exact) mass is 291 g/mol. The van der Waals surface area contributed by atoms with Gasteiger partial charge in [-0.2, -0.15) is 0 Å². The van der Waals surface area contributed by atoms with Crippen molar-refractivity contribution in [3.05, 3.63) is 24.3 Å². The van der Waals surface area contributed by atoms with Gasteiger partial charge in [0.25, 0.3) is 0 Å². The van der Waals surface area contributed by atoms with Gasteiger partial charge in [0, 0.05) is 23.8 Å². The first kappa shape index (κ1) is 15.5. The molecule has 0 radical (unpaired) electrons. The van der Waals surface area contributed by atoms with E-state index in [2.05, 4.69) is 10.6 Å². The number of hydrogen-bond acceptors (Lipinski definition) is 4. The van der Waals surface area contributed by atoms with Crippen molar-refractivity contribution in [2.75, 3.05) is 23.8 Å². The molecule has 0 spiro atoms. The largest absolute Gasteiger partial charge is 0.379 e. The number of nitrogens with one attached hydrogen (secondary N) is 2. The first-order valence-corrected chi connectivity index (χ1v) is 7.00. The van der Waals surface area contributed by atoms with E-state index in [1.165, 1.54) is 0 Å². The van der Waals surface area contributed by atoms with Crippen LogP contribution in [0, 0.1) is 5.41 Å². The van der Waals surface area contributed by atoms with Gasteiger partial charge in [-0.25, -0.2) is 0 Å². The molecule has 114 valence electrons. The summed E-state index contributed by atoms with van der Waals surface area (Å²) < 4.78 is 5.27. The summed E-state index contributed by atoms with van der Waals surface area (Å²) in [6.45, 7) is 4.31. The van der Waals surface area contributed by atoms with Gasteiger partial charge >= 0.3 is 0 Å². The minimum Gasteiger partial charge on any atom is -0.379 e. The van der Waals surface area contributed by atoms with Gasteiger partial charge in [-0.15, -0.1) is 0 Å². The molecule has 1 aromatic rings. The van der Waals surface area contributed by atoms with E-state index in [4.69, 9.17) is 10.5 Å². The van der Waals surface area contributed by atoms with Crippen molar-refractivity contribution < 1.29 is 14.3 Å². The number of rotatable bonds is 4. The SMILES string of the molecule is CCC(=O)Nc1ccc(NC(=O)C2(C)COCC2N)cc1. The summed E-state index contributed by atoms with van der Waals surface area (Å²) >= 11 is 0. The van der Waals surface area contributed by atoms with Crippen molar-refractivity contribution in [2.24, 2.45) is 11.1 Å². The fourth-order valence-corrected chi connectivity index (χ4v) is 2.08. The quantitative estimate of drug-likeness (QED) is 0.780. The Morgan fingerprint density at radius 1 is 1.29 bits per heavy atom. The number of carbonyl (C=O) groups is 2. The third-order valence-electron chi connectivity index (χ3n) is 3.78. The highest BCUT2D eigenvalue weighted by atomic mass is 16.5. The molecule has 0 bridgehead atoms. The van der Waals surface area contributed by atoms with E-state index in [1.807, 2.05) is 0 Å². The average molecular weight is 291 g/mol. The van der Waals surface area contributed by atoms with Crippen molar-refractivity contribution in [3.63, 3.8) is 0 Å². The topological polar surface area (TPSA) is 93.5 Å². The van der Waals surface area contributed by atoms with Gasteiger partial charge in [0.1, 0.15) is 0 Å². The number of benzene rings is 1. The molecule has 6 nitrogen and oxygen atoms in total. The lowest BCUT2D eigenvalue weighted by molar-refractivity contribution is -0.125. The van der Waals surface area contributed by atoms with Gasteiger partial charge in [0.2, 0.25) is 11.8 Å². The number of hydrogen-bond donors (Lipinski definition) is 3. The molecule has 0 aromatic heterocycles. The maximum absolute atomic E-state index is 12.3. The predicted octanol–water partition coefficient (Wildman–Crippen LogP) is 1.34. The van der Waals surface area contributed by atoms with Crippen LogP contribution in [0.1, 0.15) is 20.3 Å². The van der Waals surface area contributed by atoms with Crippen LogP contribution in [0.3, 0.4) is 0 Å². The molecule has 2 rings (SSSR count). The van der Waals surface area contributed by atoms with Crippen LogP contribution in [-0.4, -0.2) is 31.1 Å². The molecule has 1 fully saturated rings. The Labute approximate surface area is 124 Å². The summed E-state index contributed by atoms with van der Waals surface area (Å²) in [5.74, 6) is -0.203. The summed E-state index contributed by atoms with van der Waals surface area (Å²) in [5, 5.41) is 5.59. The first-order valence-electron chi connectivity index (χ1n) is 7.00. The molecule has 4 N–H and O–H groups in total. The van der Waals surface area contributed by atoms with E-state index in [0.29, 0.717) is 31.0 Å². The Balaban J connectivity index is 2.00. The van der Waals surface area contributed by atoms with E-state index in [-0.39, 0.29) is 17.9 Å². The molecule has 0 saturated carbocycles. The Morgan fingerprint density at radius 3 is 2.33 bits per heavy atom. The summed E-state index contributed by atoms with van der Waals surface area (Å²) in [7, 11) is 0. The number of amides is 2. The zero-order valence-corrected chi connectivity index (χ0v) is 12.3. The fraction of sp³-hybridized carbons (Fsp3) is 0.467. The van der Waals surface area contributed by atoms with Gasteiger partial charge in [0.05, 0.1) is 18.6 Å². The molecule has 1 aliphatic rings. The van der Waals surface area contributed by atoms with Gasteiger partial charge in [0.15, 0.2) is 0 Å². The van der Waals surface area contributed by atoms with Crippen molar-refractivity contribution >= 4 is 23.2 Å². The molecule has 6 heteroatoms. The maximum atomic E-state index is 12.3. The molecule has 2 atom stereocenters. The van der Waals surface area contributed by atoms with Crippen molar-refractivity contribution in [2.45, 2.75) is 26.3 Å². The zero-order chi connectivity index (χ0) is 15.5. The highest BCUT2D eigenvalue weighted by Crippen LogP contribution is 2.28. The lowest BCUT2D eigenvalue weighted by Gasteiger charge is -2.25. The lowest BCUT2D eigenvalue weighted by atomic mass is 9.85. The molecule has 1 saturated heterocycles. The molecule has 2 unspecified atom stereocenters. The second-order valence-corrected chi connectivity index (χ2v) is 5.47. The van der Waals surface area contributed by atoms with Gasteiger partial charge in [-0.1, -0.05) is 6.92 Å². The Kier molecular flexibility index (Phi) is 4.59. The highest BCUT2D eigenvalue weighted by Gasteiger charge is 2.44. The second-order valence-electron chi connectivity index (χ2n) is 5.47. The zero-order valence-electron chi connectivity index (χ0n) is 12.3. The molecule has 1 aliphatic heterocycles. The molecular weight excluding hydrogens is 270 g/mol. The highest BCUT2D eigenvalue weighted by molar-refractivity contribution is 5.96. The van der Waals surface area contributed by atoms with Crippen LogP contribution in [0.25, 0.3) is 0 Å². The number of ether oxygens (including phenoxy) is 1. The Morgan fingerprint density at radius 2 is 1.86 bits per heavy atom. The number of anilines is 2. The van der Waals surface area contributed by atoms with Crippen LogP contribution in [0.5, 0.6) is 0 Å². The van der Waals surface area contributed by atoms with E-state index in [9.17, 15) is 9.59 Å². The molecule has 1 aromatic carbocycles. The average Bonchev–Trinajstić information content (AvgIpc) is 2.82. The summed E-state index contributed by atoms with van der Waals surface area (Å²) in [6.07, 6.45) is 0.425. The fourth-order valence-electron chi connectivity index (χ4n) is 2.08. The van der Waals surface area contributed by atoms with Crippen LogP contribution in [0.15, 0.2) is 24.3 Å². The van der Waals surface area contributed by atoms with E-state index < -0.39 is 5.41 Å². The summed E-state index contributed by atoms with van der Waals surface area (Å²) in [6, 6.07) is 6.68. The third-order valence-corrected chi connectivity index (χ3v) is 3.78. The van der Waals surface area contributed by atoms with Crippen LogP contribution in [0.2, 0.25) is 0 Å². The summed E-state index contributed by atoms with van der Waals surface area (Å²) in [4.78, 5) is 23.6. The Hall–Kier alpha value is -1.92. The second kappa shape index (κ2) is 6.24. The standard InChI is InChI=1S/C15H21N3O3/c1-3-13(19)17-10-4-6-11(7-5-10)18-14(20)15(2)9-21-8-12(15)16/h4-7,12H,3,8-9,16H2,1-2H3,(H,17,19)(H,18,20). The van der Waals surface area contributed by atoms with E-state index in [1.54, 1.807) is 38.1 Å². The van der Waals surface area contributed by atoms with E-state index >= 15 is 0 Å². The normalized spacial score (nSPS) is 24.6. The smallest absolute Gasteiger partial charge is 0.234 e. The molecule has 2 amide bonds. The van der Waals surface area contributed by atoms with Gasteiger partial charge < -0.3 is 21.1 Å². The predicted molar refractivity (Wildman–Crippen MR) is 80.9 cm³/mol. The molecule has 0 aliphatic carbocycles. The lowest BCUT2D eigenvalue weighted by Crippen LogP contribution is -2.47. The Bertz CT molecular complexity index is 529.